The molecular weight excluding hydrogens is 378 g/mol. The zero-order valence-corrected chi connectivity index (χ0v) is 17.1. The van der Waals surface area contributed by atoms with Crippen LogP contribution >= 0.6 is 23.1 Å². The van der Waals surface area contributed by atoms with Crippen molar-refractivity contribution in [3.63, 3.8) is 0 Å². The van der Waals surface area contributed by atoms with Gasteiger partial charge in [0.05, 0.1) is 28.2 Å². The standard InChI is InChI=1S/C20H21N3O2S2/c1-13(2)16-8-6-9-17-19(16)22-20(27-17)23(18(25)12-26-14(3)24)11-15-7-4-5-10-21-15/h4-10,13H,11-12H2,1-3H3. The Labute approximate surface area is 166 Å². The van der Waals surface area contributed by atoms with Gasteiger partial charge in [-0.2, -0.15) is 0 Å². The van der Waals surface area contributed by atoms with Crippen LogP contribution in [-0.2, 0) is 16.1 Å². The van der Waals surface area contributed by atoms with Crippen LogP contribution in [0.2, 0.25) is 0 Å². The molecule has 3 rings (SSSR count). The van der Waals surface area contributed by atoms with Gasteiger partial charge in [-0.15, -0.1) is 0 Å². The second-order valence-electron chi connectivity index (χ2n) is 6.43. The van der Waals surface area contributed by atoms with Crippen molar-refractivity contribution in [2.75, 3.05) is 10.7 Å². The van der Waals surface area contributed by atoms with Crippen molar-refractivity contribution in [3.8, 4) is 0 Å². The molecule has 0 aliphatic carbocycles. The molecule has 2 aromatic heterocycles. The molecule has 0 unspecified atom stereocenters. The van der Waals surface area contributed by atoms with Gasteiger partial charge in [-0.25, -0.2) is 4.98 Å². The summed E-state index contributed by atoms with van der Waals surface area (Å²) in [5.41, 5.74) is 2.88. The average molecular weight is 400 g/mol. The van der Waals surface area contributed by atoms with Crippen LogP contribution in [0.25, 0.3) is 10.2 Å². The summed E-state index contributed by atoms with van der Waals surface area (Å²) in [4.78, 5) is 34.9. The van der Waals surface area contributed by atoms with E-state index in [2.05, 4.69) is 24.9 Å². The molecule has 1 amide bonds. The van der Waals surface area contributed by atoms with Gasteiger partial charge in [0.25, 0.3) is 0 Å². The van der Waals surface area contributed by atoms with E-state index < -0.39 is 0 Å². The third kappa shape index (κ3) is 4.73. The molecule has 0 fully saturated rings. The molecule has 0 aliphatic rings. The SMILES string of the molecule is CC(=O)SCC(=O)N(Cc1ccccn1)c1nc2c(C(C)C)cccc2s1. The van der Waals surface area contributed by atoms with Gasteiger partial charge in [-0.05, 0) is 29.7 Å². The van der Waals surface area contributed by atoms with Crippen LogP contribution in [0.15, 0.2) is 42.6 Å². The number of thiazole rings is 1. The maximum atomic E-state index is 12.8. The quantitative estimate of drug-likeness (QED) is 0.605. The van der Waals surface area contributed by atoms with Crippen molar-refractivity contribution in [3.05, 3.63) is 53.9 Å². The molecule has 0 N–H and O–H groups in total. The minimum Gasteiger partial charge on any atom is -0.288 e. The second-order valence-corrected chi connectivity index (χ2v) is 8.59. The Kier molecular flexibility index (Phi) is 6.23. The van der Waals surface area contributed by atoms with E-state index in [1.807, 2.05) is 30.3 Å². The summed E-state index contributed by atoms with van der Waals surface area (Å²) in [6.45, 7) is 6.06. The van der Waals surface area contributed by atoms with E-state index in [0.29, 0.717) is 17.6 Å². The number of rotatable bonds is 6. The first-order valence-electron chi connectivity index (χ1n) is 8.68. The summed E-state index contributed by atoms with van der Waals surface area (Å²) in [5.74, 6) is 0.289. The number of amides is 1. The minimum atomic E-state index is -0.147. The van der Waals surface area contributed by atoms with Gasteiger partial charge in [0.1, 0.15) is 0 Å². The Morgan fingerprint density at radius 1 is 1.19 bits per heavy atom. The summed E-state index contributed by atoms with van der Waals surface area (Å²) in [6, 6.07) is 11.7. The number of aromatic nitrogens is 2. The van der Waals surface area contributed by atoms with Crippen LogP contribution in [0.1, 0.15) is 37.9 Å². The van der Waals surface area contributed by atoms with Crippen LogP contribution in [-0.4, -0.2) is 26.7 Å². The molecule has 140 valence electrons. The first-order valence-corrected chi connectivity index (χ1v) is 10.5. The van der Waals surface area contributed by atoms with Crippen molar-refractivity contribution in [2.45, 2.75) is 33.2 Å². The highest BCUT2D eigenvalue weighted by molar-refractivity contribution is 8.14. The highest BCUT2D eigenvalue weighted by atomic mass is 32.2. The summed E-state index contributed by atoms with van der Waals surface area (Å²) in [6.07, 6.45) is 1.71. The van der Waals surface area contributed by atoms with Crippen molar-refractivity contribution in [1.82, 2.24) is 9.97 Å². The number of fused-ring (bicyclic) bond motifs is 1. The number of thioether (sulfide) groups is 1. The monoisotopic (exact) mass is 399 g/mol. The Balaban J connectivity index is 1.98. The fraction of sp³-hybridized carbons (Fsp3) is 0.300. The maximum absolute atomic E-state index is 12.8. The third-order valence-electron chi connectivity index (χ3n) is 4.04. The van der Waals surface area contributed by atoms with Gasteiger partial charge in [0.2, 0.25) is 5.91 Å². The van der Waals surface area contributed by atoms with Crippen LogP contribution in [0.5, 0.6) is 0 Å². The molecule has 27 heavy (non-hydrogen) atoms. The number of anilines is 1. The van der Waals surface area contributed by atoms with E-state index in [0.717, 1.165) is 27.7 Å². The van der Waals surface area contributed by atoms with Gasteiger partial charge in [0, 0.05) is 13.1 Å². The van der Waals surface area contributed by atoms with Gasteiger partial charge < -0.3 is 0 Å². The van der Waals surface area contributed by atoms with Gasteiger partial charge in [0.15, 0.2) is 10.2 Å². The Morgan fingerprint density at radius 3 is 2.67 bits per heavy atom. The second kappa shape index (κ2) is 8.63. The summed E-state index contributed by atoms with van der Waals surface area (Å²) in [5, 5.41) is 0.561. The number of carbonyl (C=O) groups is 2. The molecule has 2 heterocycles. The average Bonchev–Trinajstić information content (AvgIpc) is 3.08. The number of pyridine rings is 1. The molecule has 7 heteroatoms. The zero-order valence-electron chi connectivity index (χ0n) is 15.5. The predicted molar refractivity (Wildman–Crippen MR) is 112 cm³/mol. The zero-order chi connectivity index (χ0) is 19.4. The number of carbonyl (C=O) groups excluding carboxylic acids is 2. The predicted octanol–water partition coefficient (Wildman–Crippen LogP) is 4.63. The first-order chi connectivity index (χ1) is 13.0. The highest BCUT2D eigenvalue weighted by Crippen LogP contribution is 2.34. The molecule has 1 aromatic carbocycles. The van der Waals surface area contributed by atoms with E-state index in [1.54, 1.807) is 11.1 Å². The molecule has 0 radical (unpaired) electrons. The lowest BCUT2D eigenvalue weighted by Crippen LogP contribution is -2.32. The van der Waals surface area contributed by atoms with Crippen LogP contribution in [0.4, 0.5) is 5.13 Å². The van der Waals surface area contributed by atoms with Crippen molar-refractivity contribution in [2.24, 2.45) is 0 Å². The first kappa shape index (κ1) is 19.5. The molecule has 3 aromatic rings. The van der Waals surface area contributed by atoms with Crippen LogP contribution in [0, 0.1) is 0 Å². The Hall–Kier alpha value is -2.25. The Bertz CT molecular complexity index is 954. The van der Waals surface area contributed by atoms with E-state index in [-0.39, 0.29) is 16.8 Å². The fourth-order valence-electron chi connectivity index (χ4n) is 2.70. The number of benzene rings is 1. The summed E-state index contributed by atoms with van der Waals surface area (Å²) < 4.78 is 1.05. The molecule has 5 nitrogen and oxygen atoms in total. The number of nitrogens with zero attached hydrogens (tertiary/aromatic N) is 3. The lowest BCUT2D eigenvalue weighted by molar-refractivity contribution is -0.116. The van der Waals surface area contributed by atoms with Gasteiger partial charge in [-0.3, -0.25) is 19.5 Å². The highest BCUT2D eigenvalue weighted by Gasteiger charge is 2.22. The van der Waals surface area contributed by atoms with Crippen molar-refractivity contribution < 1.29 is 9.59 Å². The van der Waals surface area contributed by atoms with E-state index in [1.165, 1.54) is 23.8 Å². The fourth-order valence-corrected chi connectivity index (χ4v) is 4.20. The Morgan fingerprint density at radius 2 is 2.00 bits per heavy atom. The number of para-hydroxylation sites is 1. The van der Waals surface area contributed by atoms with E-state index in [4.69, 9.17) is 4.98 Å². The number of hydrogen-bond donors (Lipinski definition) is 0. The van der Waals surface area contributed by atoms with Crippen molar-refractivity contribution in [1.29, 1.82) is 0 Å². The largest absolute Gasteiger partial charge is 0.288 e. The molecule has 0 bridgehead atoms. The molecule has 0 aliphatic heterocycles. The lowest BCUT2D eigenvalue weighted by Gasteiger charge is -2.19. The van der Waals surface area contributed by atoms with Gasteiger partial charge in [-0.1, -0.05) is 55.1 Å². The molecule has 0 spiro atoms. The third-order valence-corrected chi connectivity index (χ3v) is 5.88. The molecule has 0 atom stereocenters. The summed E-state index contributed by atoms with van der Waals surface area (Å²) >= 11 is 2.50. The molecule has 0 saturated carbocycles. The normalized spacial score (nSPS) is 11.1. The lowest BCUT2D eigenvalue weighted by atomic mass is 10.0. The van der Waals surface area contributed by atoms with E-state index >= 15 is 0 Å². The topological polar surface area (TPSA) is 63.2 Å². The molecule has 0 saturated heterocycles. The number of hydrogen-bond acceptors (Lipinski definition) is 6. The van der Waals surface area contributed by atoms with E-state index in [9.17, 15) is 9.59 Å². The van der Waals surface area contributed by atoms with Gasteiger partial charge >= 0.3 is 0 Å². The smallest absolute Gasteiger partial charge is 0.239 e. The minimum absolute atomic E-state index is 0.0764. The van der Waals surface area contributed by atoms with Crippen molar-refractivity contribution >= 4 is 49.5 Å². The summed E-state index contributed by atoms with van der Waals surface area (Å²) in [7, 11) is 0. The molecular formula is C20H21N3O2S2. The van der Waals surface area contributed by atoms with Crippen LogP contribution < -0.4 is 4.90 Å². The maximum Gasteiger partial charge on any atom is 0.239 e. The van der Waals surface area contributed by atoms with Crippen LogP contribution in [0.3, 0.4) is 0 Å².